The average Bonchev–Trinajstić information content (AvgIpc) is 2.78. The number of carbonyl (C=O) groups is 1. The van der Waals surface area contributed by atoms with Gasteiger partial charge in [0, 0.05) is 64.8 Å². The standard InChI is InChI=1S/C22H35N5O3/c1-3-23-22(27-10-8-26(9-11-27)19(2)28)24-18-20-6-4-5-7-21(20)30-17-14-25-12-15-29-16-13-25/h4-7H,3,8-18H2,1-2H3,(H,23,24). The van der Waals surface area contributed by atoms with Gasteiger partial charge >= 0.3 is 0 Å². The number of benzene rings is 1. The predicted molar refractivity (Wildman–Crippen MR) is 118 cm³/mol. The Labute approximate surface area is 179 Å². The molecule has 0 aliphatic carbocycles. The van der Waals surface area contributed by atoms with Gasteiger partial charge in [0.1, 0.15) is 12.4 Å². The molecule has 0 saturated carbocycles. The first-order valence-corrected chi connectivity index (χ1v) is 11.0. The third-order valence-electron chi connectivity index (χ3n) is 5.50. The average molecular weight is 418 g/mol. The van der Waals surface area contributed by atoms with Gasteiger partial charge in [0.25, 0.3) is 0 Å². The van der Waals surface area contributed by atoms with E-state index < -0.39 is 0 Å². The lowest BCUT2D eigenvalue weighted by Gasteiger charge is -2.36. The summed E-state index contributed by atoms with van der Waals surface area (Å²) < 4.78 is 11.5. The number of amides is 1. The van der Waals surface area contributed by atoms with Crippen molar-refractivity contribution in [1.29, 1.82) is 0 Å². The van der Waals surface area contributed by atoms with E-state index in [9.17, 15) is 4.79 Å². The molecule has 1 N–H and O–H groups in total. The summed E-state index contributed by atoms with van der Waals surface area (Å²) >= 11 is 0. The molecule has 8 nitrogen and oxygen atoms in total. The second kappa shape index (κ2) is 11.8. The second-order valence-corrected chi connectivity index (χ2v) is 7.57. The molecule has 8 heteroatoms. The Morgan fingerprint density at radius 2 is 1.80 bits per heavy atom. The van der Waals surface area contributed by atoms with Crippen LogP contribution >= 0.6 is 0 Å². The van der Waals surface area contributed by atoms with Crippen molar-refractivity contribution < 1.29 is 14.3 Å². The van der Waals surface area contributed by atoms with Gasteiger partial charge in [0.2, 0.25) is 5.91 Å². The number of hydrogen-bond donors (Lipinski definition) is 1. The number of carbonyl (C=O) groups excluding carboxylic acids is 1. The van der Waals surface area contributed by atoms with Gasteiger partial charge in [0.15, 0.2) is 5.96 Å². The van der Waals surface area contributed by atoms with Crippen molar-refractivity contribution in [1.82, 2.24) is 20.0 Å². The Kier molecular flexibility index (Phi) is 8.77. The van der Waals surface area contributed by atoms with E-state index in [0.29, 0.717) is 13.2 Å². The number of para-hydroxylation sites is 1. The van der Waals surface area contributed by atoms with Crippen LogP contribution in [0.25, 0.3) is 0 Å². The SMILES string of the molecule is CCNC(=NCc1ccccc1OCCN1CCOCC1)N1CCN(C(C)=O)CC1. The number of guanidine groups is 1. The normalized spacial score (nSPS) is 18.4. The second-order valence-electron chi connectivity index (χ2n) is 7.57. The number of piperazine rings is 1. The first-order valence-electron chi connectivity index (χ1n) is 11.0. The van der Waals surface area contributed by atoms with E-state index in [0.717, 1.165) is 82.8 Å². The minimum absolute atomic E-state index is 0.139. The van der Waals surface area contributed by atoms with Crippen LogP contribution in [-0.2, 0) is 16.1 Å². The molecule has 1 amide bonds. The number of nitrogens with zero attached hydrogens (tertiary/aromatic N) is 4. The van der Waals surface area contributed by atoms with Gasteiger partial charge < -0.3 is 24.6 Å². The number of hydrogen-bond acceptors (Lipinski definition) is 5. The van der Waals surface area contributed by atoms with E-state index in [1.165, 1.54) is 0 Å². The molecular weight excluding hydrogens is 382 g/mol. The Morgan fingerprint density at radius 1 is 1.10 bits per heavy atom. The van der Waals surface area contributed by atoms with E-state index in [2.05, 4.69) is 28.1 Å². The van der Waals surface area contributed by atoms with Crippen LogP contribution in [0.4, 0.5) is 0 Å². The van der Waals surface area contributed by atoms with E-state index in [1.54, 1.807) is 6.92 Å². The summed E-state index contributed by atoms with van der Waals surface area (Å²) in [4.78, 5) is 22.9. The minimum atomic E-state index is 0.139. The summed E-state index contributed by atoms with van der Waals surface area (Å²) in [5, 5.41) is 3.39. The molecule has 0 radical (unpaired) electrons. The molecule has 1 aromatic carbocycles. The molecule has 0 spiro atoms. The van der Waals surface area contributed by atoms with Gasteiger partial charge in [0.05, 0.1) is 19.8 Å². The lowest BCUT2D eigenvalue weighted by molar-refractivity contribution is -0.130. The molecule has 2 aliphatic heterocycles. The van der Waals surface area contributed by atoms with E-state index in [1.807, 2.05) is 23.1 Å². The van der Waals surface area contributed by atoms with Gasteiger partial charge in [-0.15, -0.1) is 0 Å². The van der Waals surface area contributed by atoms with Crippen LogP contribution in [0.2, 0.25) is 0 Å². The fraction of sp³-hybridized carbons (Fsp3) is 0.636. The number of morpholine rings is 1. The first kappa shape index (κ1) is 22.4. The summed E-state index contributed by atoms with van der Waals surface area (Å²) in [7, 11) is 0. The van der Waals surface area contributed by atoms with Crippen molar-refractivity contribution in [3.05, 3.63) is 29.8 Å². The third kappa shape index (κ3) is 6.60. The zero-order valence-electron chi connectivity index (χ0n) is 18.3. The largest absolute Gasteiger partial charge is 0.492 e. The zero-order chi connectivity index (χ0) is 21.2. The van der Waals surface area contributed by atoms with Gasteiger partial charge in [-0.25, -0.2) is 4.99 Å². The number of ether oxygens (including phenoxy) is 2. The summed E-state index contributed by atoms with van der Waals surface area (Å²) in [5.41, 5.74) is 1.08. The van der Waals surface area contributed by atoms with Crippen molar-refractivity contribution >= 4 is 11.9 Å². The maximum absolute atomic E-state index is 11.6. The molecule has 30 heavy (non-hydrogen) atoms. The fourth-order valence-electron chi connectivity index (χ4n) is 3.70. The van der Waals surface area contributed by atoms with Crippen molar-refractivity contribution in [3.63, 3.8) is 0 Å². The molecule has 0 aromatic heterocycles. The number of rotatable bonds is 7. The number of nitrogens with one attached hydrogen (secondary N) is 1. The van der Waals surface area contributed by atoms with Crippen molar-refractivity contribution in [2.75, 3.05) is 72.2 Å². The maximum Gasteiger partial charge on any atom is 0.219 e. The van der Waals surface area contributed by atoms with E-state index >= 15 is 0 Å². The van der Waals surface area contributed by atoms with E-state index in [-0.39, 0.29) is 5.91 Å². The highest BCUT2D eigenvalue weighted by molar-refractivity contribution is 5.80. The Morgan fingerprint density at radius 3 is 2.50 bits per heavy atom. The molecule has 166 valence electrons. The predicted octanol–water partition coefficient (Wildman–Crippen LogP) is 1.03. The fourth-order valence-corrected chi connectivity index (χ4v) is 3.70. The van der Waals surface area contributed by atoms with Gasteiger partial charge in [-0.2, -0.15) is 0 Å². The Hall–Kier alpha value is -2.32. The quantitative estimate of drug-likeness (QED) is 0.528. The molecule has 0 bridgehead atoms. The summed E-state index contributed by atoms with van der Waals surface area (Å²) in [6.07, 6.45) is 0. The van der Waals surface area contributed by atoms with Crippen LogP contribution in [0.5, 0.6) is 5.75 Å². The summed E-state index contributed by atoms with van der Waals surface area (Å²) in [6.45, 7) is 13.3. The first-order chi connectivity index (χ1) is 14.7. The third-order valence-corrected chi connectivity index (χ3v) is 5.50. The molecular formula is C22H35N5O3. The molecule has 2 saturated heterocycles. The monoisotopic (exact) mass is 417 g/mol. The topological polar surface area (TPSA) is 69.6 Å². The van der Waals surface area contributed by atoms with Crippen molar-refractivity contribution in [2.24, 2.45) is 4.99 Å². The molecule has 0 unspecified atom stereocenters. The van der Waals surface area contributed by atoms with Gasteiger partial charge in [-0.1, -0.05) is 18.2 Å². The van der Waals surface area contributed by atoms with Crippen LogP contribution in [0, 0.1) is 0 Å². The zero-order valence-corrected chi connectivity index (χ0v) is 18.3. The lowest BCUT2D eigenvalue weighted by Crippen LogP contribution is -2.53. The molecule has 0 atom stereocenters. The molecule has 1 aromatic rings. The maximum atomic E-state index is 11.6. The molecule has 2 heterocycles. The van der Waals surface area contributed by atoms with Crippen molar-refractivity contribution in [2.45, 2.75) is 20.4 Å². The van der Waals surface area contributed by atoms with Gasteiger partial charge in [-0.05, 0) is 13.0 Å². The molecule has 2 fully saturated rings. The molecule has 3 rings (SSSR count). The number of aliphatic imine (C=N–C) groups is 1. The van der Waals surface area contributed by atoms with Gasteiger partial charge in [-0.3, -0.25) is 9.69 Å². The smallest absolute Gasteiger partial charge is 0.219 e. The Bertz CT molecular complexity index is 698. The van der Waals surface area contributed by atoms with Crippen molar-refractivity contribution in [3.8, 4) is 5.75 Å². The molecule has 2 aliphatic rings. The lowest BCUT2D eigenvalue weighted by atomic mass is 10.2. The van der Waals surface area contributed by atoms with Crippen LogP contribution in [-0.4, -0.2) is 98.7 Å². The highest BCUT2D eigenvalue weighted by Gasteiger charge is 2.21. The summed E-state index contributed by atoms with van der Waals surface area (Å²) in [5.74, 6) is 1.93. The van der Waals surface area contributed by atoms with Crippen LogP contribution in [0.1, 0.15) is 19.4 Å². The summed E-state index contributed by atoms with van der Waals surface area (Å²) in [6, 6.07) is 8.12. The highest BCUT2D eigenvalue weighted by atomic mass is 16.5. The van der Waals surface area contributed by atoms with Crippen LogP contribution in [0.15, 0.2) is 29.3 Å². The van der Waals surface area contributed by atoms with Crippen LogP contribution in [0.3, 0.4) is 0 Å². The Balaban J connectivity index is 1.56. The highest BCUT2D eigenvalue weighted by Crippen LogP contribution is 2.19. The minimum Gasteiger partial charge on any atom is -0.492 e. The van der Waals surface area contributed by atoms with E-state index in [4.69, 9.17) is 14.5 Å². The van der Waals surface area contributed by atoms with Crippen LogP contribution < -0.4 is 10.1 Å².